The van der Waals surface area contributed by atoms with Crippen molar-refractivity contribution in [2.45, 2.75) is 159 Å². The molecule has 2 aromatic carbocycles. The third-order valence-electron chi connectivity index (χ3n) is 14.7. The second-order valence-corrected chi connectivity index (χ2v) is 24.1. The number of carboxylic acids is 2. The summed E-state index contributed by atoms with van der Waals surface area (Å²) in [6.45, 7) is 26.1. The van der Waals surface area contributed by atoms with Gasteiger partial charge < -0.3 is 72.9 Å². The van der Waals surface area contributed by atoms with E-state index in [0.29, 0.717) is 63.3 Å². The van der Waals surface area contributed by atoms with E-state index in [9.17, 15) is 39.0 Å². The van der Waals surface area contributed by atoms with Gasteiger partial charge in [-0.1, -0.05) is 79.7 Å². The maximum absolute atomic E-state index is 12.9. The van der Waals surface area contributed by atoms with E-state index >= 15 is 0 Å². The summed E-state index contributed by atoms with van der Waals surface area (Å²) in [6.07, 6.45) is 4.59. The maximum atomic E-state index is 12.9. The van der Waals surface area contributed by atoms with Crippen LogP contribution in [-0.4, -0.2) is 134 Å². The van der Waals surface area contributed by atoms with E-state index in [1.54, 1.807) is 41.9 Å². The number of benzene rings is 2. The molecule has 8 atom stereocenters. The molecule has 82 heavy (non-hydrogen) atoms. The Morgan fingerprint density at radius 2 is 0.866 bits per heavy atom. The smallest absolute Gasteiger partial charge is 0.328 e. The van der Waals surface area contributed by atoms with E-state index in [1.807, 2.05) is 52.0 Å². The van der Waals surface area contributed by atoms with Crippen molar-refractivity contribution >= 4 is 35.6 Å². The first-order valence-electron chi connectivity index (χ1n) is 28.8. The van der Waals surface area contributed by atoms with Crippen molar-refractivity contribution in [1.29, 1.82) is 0 Å². The number of nitrogens with two attached hydrogens (primary N) is 4. The molecule has 2 aromatic rings. The number of primary amides is 2. The summed E-state index contributed by atoms with van der Waals surface area (Å²) in [4.78, 5) is 68.1. The number of hydrogen-bond acceptors (Lipinski definition) is 14. The highest BCUT2D eigenvalue weighted by molar-refractivity contribution is 5.89. The molecule has 0 aliphatic heterocycles. The van der Waals surface area contributed by atoms with Gasteiger partial charge in [0.2, 0.25) is 23.6 Å². The van der Waals surface area contributed by atoms with Gasteiger partial charge in [0.1, 0.15) is 11.5 Å². The summed E-state index contributed by atoms with van der Waals surface area (Å²) < 4.78 is 21.8. The van der Waals surface area contributed by atoms with Gasteiger partial charge in [0.05, 0.1) is 36.3 Å². The van der Waals surface area contributed by atoms with Gasteiger partial charge in [-0.05, 0) is 137 Å². The lowest BCUT2D eigenvalue weighted by Gasteiger charge is -2.30. The zero-order chi connectivity index (χ0) is 62.9. The largest absolute Gasteiger partial charge is 0.493 e. The first-order chi connectivity index (χ1) is 38.2. The van der Waals surface area contributed by atoms with Crippen molar-refractivity contribution in [3.63, 3.8) is 0 Å². The molecule has 0 spiro atoms. The van der Waals surface area contributed by atoms with Crippen LogP contribution in [0.4, 0.5) is 0 Å². The highest BCUT2D eigenvalue weighted by Crippen LogP contribution is 2.30. The predicted octanol–water partition coefficient (Wildman–Crippen LogP) is 6.28. The summed E-state index contributed by atoms with van der Waals surface area (Å²) in [5.41, 5.74) is 24.5. The van der Waals surface area contributed by atoms with Crippen LogP contribution in [0.3, 0.4) is 0 Å². The zero-order valence-corrected chi connectivity index (χ0v) is 51.8. The van der Waals surface area contributed by atoms with Gasteiger partial charge in [0, 0.05) is 89.4 Å². The lowest BCUT2D eigenvalue weighted by molar-refractivity contribution is -0.134. The molecule has 0 saturated heterocycles. The quantitative estimate of drug-likeness (QED) is 0.0261. The minimum Gasteiger partial charge on any atom is -0.493 e. The number of carbonyl (C=O) groups is 6. The lowest BCUT2D eigenvalue weighted by atomic mass is 9.80. The molecule has 468 valence electrons. The molecular formula is C62H106N6O14. The molecule has 0 aliphatic rings. The fourth-order valence-corrected chi connectivity index (χ4v) is 8.54. The molecule has 20 heteroatoms. The number of carboxylic acid groups (broad SMARTS) is 2. The predicted molar refractivity (Wildman–Crippen MR) is 320 cm³/mol. The minimum absolute atomic E-state index is 0.00562. The number of nitrogens with one attached hydrogen (secondary N) is 2. The van der Waals surface area contributed by atoms with Gasteiger partial charge in [0.25, 0.3) is 0 Å². The first kappa shape index (κ1) is 76.4. The van der Waals surface area contributed by atoms with Crippen LogP contribution in [-0.2, 0) is 51.1 Å². The van der Waals surface area contributed by atoms with Crippen LogP contribution in [0.15, 0.2) is 60.7 Å². The van der Waals surface area contributed by atoms with Gasteiger partial charge in [0.15, 0.2) is 0 Å². The van der Waals surface area contributed by atoms with Crippen molar-refractivity contribution in [3.8, 4) is 11.5 Å². The van der Waals surface area contributed by atoms with Crippen LogP contribution in [0.2, 0.25) is 0 Å². The Morgan fingerprint density at radius 1 is 0.537 bits per heavy atom. The molecule has 0 aromatic heterocycles. The van der Waals surface area contributed by atoms with Crippen LogP contribution in [0.25, 0.3) is 0 Å². The highest BCUT2D eigenvalue weighted by atomic mass is 16.5. The summed E-state index contributed by atoms with van der Waals surface area (Å²) >= 11 is 0. The number of aliphatic hydroxyl groups excluding tert-OH is 2. The molecule has 0 heterocycles. The van der Waals surface area contributed by atoms with Crippen molar-refractivity contribution in [2.75, 3.05) is 53.7 Å². The van der Waals surface area contributed by atoms with Gasteiger partial charge in [-0.25, -0.2) is 9.59 Å². The minimum atomic E-state index is -1.26. The number of amides is 4. The molecule has 0 bridgehead atoms. The van der Waals surface area contributed by atoms with Crippen molar-refractivity contribution < 1.29 is 68.1 Å². The van der Waals surface area contributed by atoms with Crippen LogP contribution < -0.4 is 43.0 Å². The number of rotatable bonds is 38. The SMILES string of the molecule is COCCCOc1cccc(CC(CC(N)C(O)CC(C(=O)NCC(C)(C)C(N)=O)C(C)C)C(C)C)c1.COCCCOc1cccc(CC(CC(N)C(O)CC(C(=O)NCC(C)(C)C(N)=O)C(C)C)C(C)C)c1.O=C(O)/C=C/C(=O)O. The molecule has 0 radical (unpaired) electrons. The Balaban J connectivity index is 0.00000141. The Hall–Kier alpha value is -5.64. The van der Waals surface area contributed by atoms with E-state index < -0.39 is 70.7 Å². The third-order valence-corrected chi connectivity index (χ3v) is 14.7. The topological polar surface area (TPSA) is 348 Å². The Labute approximate surface area is 489 Å². The number of aliphatic hydroxyl groups is 2. The number of aliphatic carboxylic acids is 2. The summed E-state index contributed by atoms with van der Waals surface area (Å²) in [6, 6.07) is 15.3. The second kappa shape index (κ2) is 39.8. The van der Waals surface area contributed by atoms with Crippen LogP contribution in [0.5, 0.6) is 11.5 Å². The number of methoxy groups -OCH3 is 2. The zero-order valence-electron chi connectivity index (χ0n) is 51.8. The molecule has 0 aliphatic carbocycles. The number of hydrogen-bond donors (Lipinski definition) is 10. The van der Waals surface area contributed by atoms with E-state index in [1.165, 1.54) is 11.1 Å². The Morgan fingerprint density at radius 3 is 1.13 bits per heavy atom. The summed E-state index contributed by atoms with van der Waals surface area (Å²) in [7, 11) is 3.36. The van der Waals surface area contributed by atoms with Gasteiger partial charge in [-0.2, -0.15) is 0 Å². The fraction of sp³-hybridized carbons (Fsp3) is 0.677. The van der Waals surface area contributed by atoms with Crippen molar-refractivity contribution in [1.82, 2.24) is 10.6 Å². The molecule has 0 fully saturated rings. The molecule has 0 saturated carbocycles. The van der Waals surface area contributed by atoms with Crippen molar-refractivity contribution in [3.05, 3.63) is 71.8 Å². The van der Waals surface area contributed by atoms with E-state index in [-0.39, 0.29) is 61.4 Å². The standard InChI is InChI=1S/2C29H51N3O5.C4H4O4/c2*1-19(2)22(14-21-10-8-11-23(15-21)37-13-9-12-36-7)16-25(30)26(33)17-24(20(3)4)27(34)32-18-29(5,6)28(31)35;5-3(6)1-2-4(7)8/h2*8,10-11,15,19-20,22,24-26,33H,9,12-14,16-18,30H2,1-7H3,(H2,31,35)(H,32,34);1-2H,(H,5,6)(H,7,8)/b;;2-1+. The number of ether oxygens (including phenoxy) is 4. The molecule has 8 unspecified atom stereocenters. The lowest BCUT2D eigenvalue weighted by Crippen LogP contribution is -2.46. The molecule has 4 amide bonds. The summed E-state index contributed by atoms with van der Waals surface area (Å²) in [5.74, 6) is -1.76. The normalized spacial score (nSPS) is 14.8. The second-order valence-electron chi connectivity index (χ2n) is 24.1. The maximum Gasteiger partial charge on any atom is 0.328 e. The Bertz CT molecular complexity index is 2070. The summed E-state index contributed by atoms with van der Waals surface area (Å²) in [5, 5.41) is 43.2. The van der Waals surface area contributed by atoms with Gasteiger partial charge in [-0.3, -0.25) is 19.2 Å². The van der Waals surface area contributed by atoms with E-state index in [4.69, 9.17) is 52.1 Å². The molecule has 14 N–H and O–H groups in total. The number of carbonyl (C=O) groups excluding carboxylic acids is 4. The van der Waals surface area contributed by atoms with Crippen molar-refractivity contribution in [2.24, 2.45) is 81.1 Å². The Kier molecular flexibility index (Phi) is 37.0. The molecular weight excluding hydrogens is 1050 g/mol. The van der Waals surface area contributed by atoms with Crippen LogP contribution >= 0.6 is 0 Å². The van der Waals surface area contributed by atoms with Crippen LogP contribution in [0.1, 0.15) is 133 Å². The molecule has 20 nitrogen and oxygen atoms in total. The van der Waals surface area contributed by atoms with Crippen LogP contribution in [0, 0.1) is 58.2 Å². The third kappa shape index (κ3) is 32.3. The first-order valence-corrected chi connectivity index (χ1v) is 28.8. The van der Waals surface area contributed by atoms with E-state index in [2.05, 4.69) is 62.6 Å². The average Bonchev–Trinajstić information content (AvgIpc) is 3.46. The van der Waals surface area contributed by atoms with E-state index in [0.717, 1.165) is 37.2 Å². The fourth-order valence-electron chi connectivity index (χ4n) is 8.54. The monoisotopic (exact) mass is 1160 g/mol. The van der Waals surface area contributed by atoms with Gasteiger partial charge >= 0.3 is 11.9 Å². The molecule has 2 rings (SSSR count). The highest BCUT2D eigenvalue weighted by Gasteiger charge is 2.34. The average molecular weight is 1160 g/mol. The van der Waals surface area contributed by atoms with Gasteiger partial charge in [-0.15, -0.1) is 0 Å².